The van der Waals surface area contributed by atoms with Gasteiger partial charge in [-0.1, -0.05) is 0 Å². The van der Waals surface area contributed by atoms with E-state index in [1.807, 2.05) is 0 Å². The summed E-state index contributed by atoms with van der Waals surface area (Å²) in [5, 5.41) is -0.616. The van der Waals surface area contributed by atoms with Gasteiger partial charge in [-0.15, -0.1) is 0 Å². The Kier molecular flexibility index (Phi) is 3.40. The van der Waals surface area contributed by atoms with Crippen LogP contribution >= 0.6 is 11.6 Å². The molecule has 0 aromatic heterocycles. The monoisotopic (exact) mass is 330 g/mol. The largest absolute Gasteiger partial charge is 0.343 e. The second kappa shape index (κ2) is 4.78. The smallest absolute Gasteiger partial charge is 0.252 e. The van der Waals surface area contributed by atoms with E-state index in [2.05, 4.69) is 0 Å². The van der Waals surface area contributed by atoms with Crippen molar-refractivity contribution >= 4 is 26.7 Å². The van der Waals surface area contributed by atoms with Crippen molar-refractivity contribution in [1.29, 1.82) is 0 Å². The first-order valence-corrected chi connectivity index (χ1v) is 8.67. The Hall–Kier alpha value is -0.950. The van der Waals surface area contributed by atoms with Gasteiger partial charge in [-0.3, -0.25) is 4.79 Å². The standard InChI is InChI=1S/C14H15ClO5S/c1-8-7-10(13(15)16)9(2)11-12(8)21(17,18)6-3-14(11)19-4-5-20-14/h7H,3-6H2,1-2H3. The Bertz CT molecular complexity index is 732. The molecule has 0 aliphatic carbocycles. The van der Waals surface area contributed by atoms with Crippen LogP contribution < -0.4 is 0 Å². The van der Waals surface area contributed by atoms with Crippen LogP contribution in [0.5, 0.6) is 0 Å². The maximum atomic E-state index is 12.4. The van der Waals surface area contributed by atoms with E-state index in [-0.39, 0.29) is 17.1 Å². The summed E-state index contributed by atoms with van der Waals surface area (Å²) in [5.41, 5.74) is 1.75. The van der Waals surface area contributed by atoms with E-state index >= 15 is 0 Å². The van der Waals surface area contributed by atoms with Gasteiger partial charge in [-0.2, -0.15) is 0 Å². The number of aryl methyl sites for hydroxylation is 1. The van der Waals surface area contributed by atoms with Crippen LogP contribution in [-0.2, 0) is 25.1 Å². The molecule has 5 nitrogen and oxygen atoms in total. The minimum Gasteiger partial charge on any atom is -0.343 e. The molecule has 1 fully saturated rings. The van der Waals surface area contributed by atoms with Crippen LogP contribution in [0.25, 0.3) is 0 Å². The summed E-state index contributed by atoms with van der Waals surface area (Å²) in [6.45, 7) is 4.14. The van der Waals surface area contributed by atoms with Crippen molar-refractivity contribution < 1.29 is 22.7 Å². The van der Waals surface area contributed by atoms with Crippen LogP contribution in [0.15, 0.2) is 11.0 Å². The second-order valence-corrected chi connectivity index (χ2v) is 7.75. The zero-order valence-corrected chi connectivity index (χ0v) is 13.3. The first kappa shape index (κ1) is 15.0. The summed E-state index contributed by atoms with van der Waals surface area (Å²) < 4.78 is 36.3. The summed E-state index contributed by atoms with van der Waals surface area (Å²) in [5.74, 6) is -1.10. The van der Waals surface area contributed by atoms with Crippen LogP contribution in [0, 0.1) is 13.8 Å². The zero-order valence-electron chi connectivity index (χ0n) is 11.7. The van der Waals surface area contributed by atoms with Crippen LogP contribution in [0.2, 0.25) is 0 Å². The van der Waals surface area contributed by atoms with Gasteiger partial charge in [0.05, 0.1) is 23.9 Å². The first-order chi connectivity index (χ1) is 9.78. The highest BCUT2D eigenvalue weighted by Gasteiger charge is 2.49. The van der Waals surface area contributed by atoms with Crippen LogP contribution in [-0.4, -0.2) is 32.6 Å². The number of hydrogen-bond acceptors (Lipinski definition) is 5. The molecule has 2 heterocycles. The highest BCUT2D eigenvalue weighted by atomic mass is 35.5. The highest BCUT2D eigenvalue weighted by Crippen LogP contribution is 2.46. The summed E-state index contributed by atoms with van der Waals surface area (Å²) in [4.78, 5) is 11.8. The van der Waals surface area contributed by atoms with Crippen molar-refractivity contribution in [1.82, 2.24) is 0 Å². The van der Waals surface area contributed by atoms with Gasteiger partial charge in [0, 0.05) is 17.5 Å². The Morgan fingerprint density at radius 2 is 1.90 bits per heavy atom. The van der Waals surface area contributed by atoms with Crippen molar-refractivity contribution in [2.45, 2.75) is 31.0 Å². The Balaban J connectivity index is 2.40. The quantitative estimate of drug-likeness (QED) is 0.737. The number of hydrogen-bond donors (Lipinski definition) is 0. The molecule has 0 radical (unpaired) electrons. The topological polar surface area (TPSA) is 69.7 Å². The van der Waals surface area contributed by atoms with Crippen molar-refractivity contribution in [3.63, 3.8) is 0 Å². The number of carbonyl (C=O) groups is 1. The lowest BCUT2D eigenvalue weighted by atomic mass is 9.91. The SMILES string of the molecule is Cc1cc(C(=O)Cl)c(C)c2c1S(=O)(=O)CCC21OCCO1. The number of sulfone groups is 1. The van der Waals surface area contributed by atoms with Gasteiger partial charge in [-0.25, -0.2) is 8.42 Å². The maximum Gasteiger partial charge on any atom is 0.252 e. The first-order valence-electron chi connectivity index (χ1n) is 6.64. The average molecular weight is 331 g/mol. The van der Waals surface area contributed by atoms with E-state index in [1.165, 1.54) is 6.07 Å². The third kappa shape index (κ3) is 2.12. The van der Waals surface area contributed by atoms with Gasteiger partial charge in [0.25, 0.3) is 5.24 Å². The van der Waals surface area contributed by atoms with Gasteiger partial charge in [0.2, 0.25) is 0 Å². The lowest BCUT2D eigenvalue weighted by molar-refractivity contribution is -0.170. The number of carbonyl (C=O) groups excluding carboxylic acids is 1. The molecule has 3 rings (SSSR count). The van der Waals surface area contributed by atoms with E-state index in [9.17, 15) is 13.2 Å². The summed E-state index contributed by atoms with van der Waals surface area (Å²) >= 11 is 5.62. The molecule has 0 saturated carbocycles. The van der Waals surface area contributed by atoms with Gasteiger partial charge >= 0.3 is 0 Å². The summed E-state index contributed by atoms with van der Waals surface area (Å²) in [6, 6.07) is 1.52. The van der Waals surface area contributed by atoms with E-state index in [4.69, 9.17) is 21.1 Å². The number of rotatable bonds is 1. The van der Waals surface area contributed by atoms with Crippen LogP contribution in [0.4, 0.5) is 0 Å². The van der Waals surface area contributed by atoms with E-state index < -0.39 is 20.9 Å². The van der Waals surface area contributed by atoms with E-state index in [0.29, 0.717) is 35.5 Å². The second-order valence-electron chi connectivity index (χ2n) is 5.36. The Labute approximate surface area is 128 Å². The maximum absolute atomic E-state index is 12.4. The number of benzene rings is 1. The molecule has 1 saturated heterocycles. The van der Waals surface area contributed by atoms with Crippen molar-refractivity contribution in [2.24, 2.45) is 0 Å². The number of fused-ring (bicyclic) bond motifs is 2. The highest BCUT2D eigenvalue weighted by molar-refractivity contribution is 7.91. The molecule has 21 heavy (non-hydrogen) atoms. The van der Waals surface area contributed by atoms with Gasteiger partial charge < -0.3 is 9.47 Å². The van der Waals surface area contributed by atoms with Crippen molar-refractivity contribution in [2.75, 3.05) is 19.0 Å². The van der Waals surface area contributed by atoms with E-state index in [1.54, 1.807) is 13.8 Å². The molecule has 114 valence electrons. The minimum atomic E-state index is -3.42. The molecule has 1 aromatic rings. The molecule has 1 spiro atoms. The van der Waals surface area contributed by atoms with Crippen LogP contribution in [0.1, 0.15) is 33.5 Å². The summed E-state index contributed by atoms with van der Waals surface area (Å²) in [6.07, 6.45) is 0.225. The van der Waals surface area contributed by atoms with Crippen LogP contribution in [0.3, 0.4) is 0 Å². The molecule has 0 N–H and O–H groups in total. The van der Waals surface area contributed by atoms with E-state index in [0.717, 1.165) is 0 Å². The average Bonchev–Trinajstić information content (AvgIpc) is 2.86. The predicted octanol–water partition coefficient (Wildman–Crippen LogP) is 2.06. The van der Waals surface area contributed by atoms with Crippen molar-refractivity contribution in [3.05, 3.63) is 28.3 Å². The molecular formula is C14H15ClO5S. The minimum absolute atomic E-state index is 0.0333. The molecule has 7 heteroatoms. The molecule has 1 aromatic carbocycles. The van der Waals surface area contributed by atoms with Gasteiger partial charge in [0.15, 0.2) is 15.6 Å². The molecule has 0 atom stereocenters. The predicted molar refractivity (Wildman–Crippen MR) is 76.4 cm³/mol. The number of halogens is 1. The molecule has 2 aliphatic heterocycles. The lowest BCUT2D eigenvalue weighted by Gasteiger charge is -2.36. The Morgan fingerprint density at radius 3 is 2.48 bits per heavy atom. The lowest BCUT2D eigenvalue weighted by Crippen LogP contribution is -2.38. The van der Waals surface area contributed by atoms with Gasteiger partial charge in [-0.05, 0) is 42.6 Å². The normalized spacial score (nSPS) is 22.2. The number of ether oxygens (including phenoxy) is 2. The fraction of sp³-hybridized carbons (Fsp3) is 0.500. The molecule has 2 aliphatic rings. The fourth-order valence-corrected chi connectivity index (χ4v) is 5.30. The molecular weight excluding hydrogens is 316 g/mol. The summed E-state index contributed by atoms with van der Waals surface area (Å²) in [7, 11) is -3.42. The fourth-order valence-electron chi connectivity index (χ4n) is 3.20. The molecule has 0 bridgehead atoms. The molecule has 0 amide bonds. The van der Waals surface area contributed by atoms with Crippen molar-refractivity contribution in [3.8, 4) is 0 Å². The third-order valence-electron chi connectivity index (χ3n) is 4.08. The third-order valence-corrected chi connectivity index (χ3v) is 6.18. The van der Waals surface area contributed by atoms with Gasteiger partial charge in [0.1, 0.15) is 0 Å². The zero-order chi connectivity index (χ0) is 15.4. The Morgan fingerprint density at radius 1 is 1.29 bits per heavy atom. The molecule has 0 unspecified atom stereocenters.